The number of nitrogens with zero attached hydrogens (tertiary/aromatic N) is 2. The summed E-state index contributed by atoms with van der Waals surface area (Å²) in [6.45, 7) is 4.98. The highest BCUT2D eigenvalue weighted by atomic mass is 35.5. The number of amides is 1. The molecule has 162 valence electrons. The standard InChI is InChI=1S/C26H30ClN3O/c1-17(31)28-22-7-5-18-3-4-20(24(18)14-22)15-30-11-9-19(10-12-30)25-16-29(2)26-13-21(27)6-8-23(25)26/h5-8,13-14,16,19-20H,3-4,9-12,15H2,1-2H3,(H,28,31). The number of nitrogens with one attached hydrogen (secondary N) is 1. The van der Waals surface area contributed by atoms with Crippen LogP contribution in [-0.2, 0) is 18.3 Å². The number of benzene rings is 2. The van der Waals surface area contributed by atoms with Crippen molar-refractivity contribution < 1.29 is 4.79 Å². The Bertz CT molecular complexity index is 1130. The second-order valence-corrected chi connectivity index (χ2v) is 9.70. The summed E-state index contributed by atoms with van der Waals surface area (Å²) in [5, 5.41) is 5.09. The van der Waals surface area contributed by atoms with Crippen molar-refractivity contribution in [1.29, 1.82) is 0 Å². The minimum absolute atomic E-state index is 0.00715. The summed E-state index contributed by atoms with van der Waals surface area (Å²) in [5.74, 6) is 1.18. The van der Waals surface area contributed by atoms with Crippen LogP contribution in [0.25, 0.3) is 10.9 Å². The number of halogens is 1. The summed E-state index contributed by atoms with van der Waals surface area (Å²) in [5.41, 5.74) is 6.50. The number of likely N-dealkylation sites (tertiary alicyclic amines) is 1. The lowest BCUT2D eigenvalue weighted by molar-refractivity contribution is -0.114. The van der Waals surface area contributed by atoms with Crippen LogP contribution < -0.4 is 5.32 Å². The third-order valence-corrected chi connectivity index (χ3v) is 7.39. The van der Waals surface area contributed by atoms with Gasteiger partial charge in [0.15, 0.2) is 0 Å². The van der Waals surface area contributed by atoms with Crippen molar-refractivity contribution in [1.82, 2.24) is 9.47 Å². The number of hydrogen-bond donors (Lipinski definition) is 1. The van der Waals surface area contributed by atoms with Crippen LogP contribution in [0, 0.1) is 0 Å². The molecule has 1 amide bonds. The molecule has 4 nitrogen and oxygen atoms in total. The molecule has 1 unspecified atom stereocenters. The molecular formula is C26H30ClN3O. The summed E-state index contributed by atoms with van der Waals surface area (Å²) in [7, 11) is 2.12. The van der Waals surface area contributed by atoms with Gasteiger partial charge in [-0.2, -0.15) is 0 Å². The molecule has 0 saturated carbocycles. The number of piperidine rings is 1. The summed E-state index contributed by atoms with van der Waals surface area (Å²) in [4.78, 5) is 14.1. The zero-order chi connectivity index (χ0) is 21.5. The van der Waals surface area contributed by atoms with E-state index in [0.717, 1.165) is 36.8 Å². The topological polar surface area (TPSA) is 37.3 Å². The van der Waals surface area contributed by atoms with Gasteiger partial charge in [0.25, 0.3) is 0 Å². The van der Waals surface area contributed by atoms with Gasteiger partial charge >= 0.3 is 0 Å². The van der Waals surface area contributed by atoms with Crippen LogP contribution in [0.4, 0.5) is 5.69 Å². The number of carbonyl (C=O) groups is 1. The Kier molecular flexibility index (Phi) is 5.53. The quantitative estimate of drug-likeness (QED) is 0.570. The Morgan fingerprint density at radius 2 is 1.90 bits per heavy atom. The molecule has 2 aromatic carbocycles. The van der Waals surface area contributed by atoms with Crippen LogP contribution >= 0.6 is 11.6 Å². The van der Waals surface area contributed by atoms with Crippen LogP contribution in [0.1, 0.15) is 54.7 Å². The lowest BCUT2D eigenvalue weighted by Crippen LogP contribution is -2.35. The first-order valence-electron chi connectivity index (χ1n) is 11.3. The van der Waals surface area contributed by atoms with Gasteiger partial charge in [0, 0.05) is 48.3 Å². The molecule has 1 fully saturated rings. The first-order chi connectivity index (χ1) is 15.0. The van der Waals surface area contributed by atoms with Crippen molar-refractivity contribution in [2.45, 2.75) is 44.4 Å². The fourth-order valence-electron chi connectivity index (χ4n) is 5.61. The van der Waals surface area contributed by atoms with E-state index in [9.17, 15) is 4.79 Å². The predicted octanol–water partition coefficient (Wildman–Crippen LogP) is 5.70. The van der Waals surface area contributed by atoms with E-state index < -0.39 is 0 Å². The van der Waals surface area contributed by atoms with E-state index in [2.05, 4.69) is 52.3 Å². The van der Waals surface area contributed by atoms with Crippen molar-refractivity contribution in [2.24, 2.45) is 7.05 Å². The van der Waals surface area contributed by atoms with Crippen molar-refractivity contribution in [2.75, 3.05) is 25.0 Å². The maximum Gasteiger partial charge on any atom is 0.221 e. The third-order valence-electron chi connectivity index (χ3n) is 7.16. The van der Waals surface area contributed by atoms with Gasteiger partial charge in [0.2, 0.25) is 5.91 Å². The molecule has 2 aliphatic rings. The minimum Gasteiger partial charge on any atom is -0.350 e. The summed E-state index contributed by atoms with van der Waals surface area (Å²) in [6.07, 6.45) is 7.07. The number of rotatable bonds is 4. The maximum atomic E-state index is 11.4. The molecule has 1 atom stereocenters. The molecule has 1 aliphatic heterocycles. The van der Waals surface area contributed by atoms with Crippen LogP contribution in [0.15, 0.2) is 42.6 Å². The molecule has 0 spiro atoms. The van der Waals surface area contributed by atoms with E-state index in [1.807, 2.05) is 12.1 Å². The monoisotopic (exact) mass is 435 g/mol. The van der Waals surface area contributed by atoms with Crippen molar-refractivity contribution >= 4 is 34.1 Å². The minimum atomic E-state index is -0.00715. The fraction of sp³-hybridized carbons (Fsp3) is 0.423. The average Bonchev–Trinajstić information content (AvgIpc) is 3.29. The Balaban J connectivity index is 1.25. The molecule has 2 heterocycles. The first kappa shape index (κ1) is 20.6. The van der Waals surface area contributed by atoms with Gasteiger partial charge < -0.3 is 14.8 Å². The second kappa shape index (κ2) is 8.33. The smallest absolute Gasteiger partial charge is 0.221 e. The van der Waals surface area contributed by atoms with E-state index in [1.165, 1.54) is 46.9 Å². The van der Waals surface area contributed by atoms with E-state index >= 15 is 0 Å². The normalized spacial score (nSPS) is 19.6. The van der Waals surface area contributed by atoms with Crippen LogP contribution in [-0.4, -0.2) is 35.0 Å². The Morgan fingerprint density at radius 1 is 1.10 bits per heavy atom. The number of aromatic nitrogens is 1. The van der Waals surface area contributed by atoms with E-state index in [0.29, 0.717) is 11.8 Å². The molecule has 0 radical (unpaired) electrons. The number of hydrogen-bond acceptors (Lipinski definition) is 2. The van der Waals surface area contributed by atoms with E-state index in [1.54, 1.807) is 6.92 Å². The molecule has 31 heavy (non-hydrogen) atoms. The van der Waals surface area contributed by atoms with Gasteiger partial charge in [-0.25, -0.2) is 0 Å². The highest BCUT2D eigenvalue weighted by Gasteiger charge is 2.28. The largest absolute Gasteiger partial charge is 0.350 e. The Morgan fingerprint density at radius 3 is 2.68 bits per heavy atom. The summed E-state index contributed by atoms with van der Waals surface area (Å²) >= 11 is 6.22. The fourth-order valence-corrected chi connectivity index (χ4v) is 5.78. The summed E-state index contributed by atoms with van der Waals surface area (Å²) in [6, 6.07) is 12.7. The van der Waals surface area contributed by atoms with Crippen LogP contribution in [0.5, 0.6) is 0 Å². The molecule has 1 aliphatic carbocycles. The van der Waals surface area contributed by atoms with Crippen molar-refractivity contribution in [3.8, 4) is 0 Å². The zero-order valence-electron chi connectivity index (χ0n) is 18.3. The first-order valence-corrected chi connectivity index (χ1v) is 11.7. The lowest BCUT2D eigenvalue weighted by Gasteiger charge is -2.33. The molecule has 3 aromatic rings. The average molecular weight is 436 g/mol. The second-order valence-electron chi connectivity index (χ2n) is 9.26. The van der Waals surface area contributed by atoms with Crippen LogP contribution in [0.3, 0.4) is 0 Å². The maximum absolute atomic E-state index is 11.4. The predicted molar refractivity (Wildman–Crippen MR) is 128 cm³/mol. The van der Waals surface area contributed by atoms with Crippen molar-refractivity contribution in [3.63, 3.8) is 0 Å². The van der Waals surface area contributed by atoms with Gasteiger partial charge in [-0.1, -0.05) is 23.7 Å². The van der Waals surface area contributed by atoms with E-state index in [-0.39, 0.29) is 5.91 Å². The highest BCUT2D eigenvalue weighted by molar-refractivity contribution is 6.31. The molecule has 5 heteroatoms. The van der Waals surface area contributed by atoms with E-state index in [4.69, 9.17) is 11.6 Å². The third kappa shape index (κ3) is 4.11. The van der Waals surface area contributed by atoms with Gasteiger partial charge in [-0.15, -0.1) is 0 Å². The van der Waals surface area contributed by atoms with Crippen molar-refractivity contribution in [3.05, 3.63) is 64.3 Å². The number of carbonyl (C=O) groups excluding carboxylic acids is 1. The molecule has 5 rings (SSSR count). The number of fused-ring (bicyclic) bond motifs is 2. The Hall–Kier alpha value is -2.30. The SMILES string of the molecule is CC(=O)Nc1ccc2c(c1)C(CN1CCC(c3cn(C)c4cc(Cl)ccc34)CC1)CC2. The van der Waals surface area contributed by atoms with Gasteiger partial charge in [-0.05, 0) is 91.6 Å². The zero-order valence-corrected chi connectivity index (χ0v) is 19.1. The van der Waals surface area contributed by atoms with Gasteiger partial charge in [-0.3, -0.25) is 4.79 Å². The van der Waals surface area contributed by atoms with Gasteiger partial charge in [0.05, 0.1) is 0 Å². The molecule has 0 bridgehead atoms. The number of aryl methyl sites for hydroxylation is 2. The molecule has 1 aromatic heterocycles. The molecule has 1 saturated heterocycles. The lowest BCUT2D eigenvalue weighted by atomic mass is 9.88. The highest BCUT2D eigenvalue weighted by Crippen LogP contribution is 2.38. The number of anilines is 1. The Labute approximate surface area is 189 Å². The van der Waals surface area contributed by atoms with Crippen LogP contribution in [0.2, 0.25) is 5.02 Å². The summed E-state index contributed by atoms with van der Waals surface area (Å²) < 4.78 is 2.21. The molecular weight excluding hydrogens is 406 g/mol. The van der Waals surface area contributed by atoms with Gasteiger partial charge in [0.1, 0.15) is 0 Å². The molecule has 1 N–H and O–H groups in total.